The number of hydrogen-bond donors (Lipinski definition) is 0. The summed E-state index contributed by atoms with van der Waals surface area (Å²) in [6.45, 7) is 0. The van der Waals surface area contributed by atoms with Crippen molar-refractivity contribution in [3.05, 3.63) is 53.3 Å². The highest BCUT2D eigenvalue weighted by molar-refractivity contribution is 6.66. The Kier molecular flexibility index (Phi) is 3.82. The quantitative estimate of drug-likeness (QED) is 0.796. The van der Waals surface area contributed by atoms with E-state index in [2.05, 4.69) is 15.4 Å². The smallest absolute Gasteiger partial charge is 0.135 e. The van der Waals surface area contributed by atoms with E-state index in [9.17, 15) is 0 Å². The van der Waals surface area contributed by atoms with Crippen molar-refractivity contribution >= 4 is 34.8 Å². The Balaban J connectivity index is 2.23. The minimum atomic E-state index is -1.57. The molecule has 3 nitrogen and oxygen atoms in total. The molecule has 2 aromatic rings. The first kappa shape index (κ1) is 12.6. The van der Waals surface area contributed by atoms with Crippen molar-refractivity contribution in [1.29, 1.82) is 0 Å². The summed E-state index contributed by atoms with van der Waals surface area (Å²) >= 11 is 17.2. The summed E-state index contributed by atoms with van der Waals surface area (Å²) < 4.78 is -1.57. The van der Waals surface area contributed by atoms with Crippen LogP contribution in [0.5, 0.6) is 0 Å². The number of hydrogen-bond acceptors (Lipinski definition) is 3. The van der Waals surface area contributed by atoms with E-state index < -0.39 is 3.79 Å². The fraction of sp³-hybridized carbons (Fsp3) is 0.182. The van der Waals surface area contributed by atoms with Gasteiger partial charge in [-0.25, -0.2) is 0 Å². The lowest BCUT2D eigenvalue weighted by atomic mass is 10.1. The van der Waals surface area contributed by atoms with Gasteiger partial charge < -0.3 is 0 Å². The Morgan fingerprint density at radius 3 is 2.35 bits per heavy atom. The van der Waals surface area contributed by atoms with Crippen molar-refractivity contribution in [2.45, 2.75) is 10.2 Å². The van der Waals surface area contributed by atoms with Crippen molar-refractivity contribution in [2.75, 3.05) is 0 Å². The van der Waals surface area contributed by atoms with Crippen molar-refractivity contribution < 1.29 is 0 Å². The van der Waals surface area contributed by atoms with Gasteiger partial charge in [-0.1, -0.05) is 65.1 Å². The summed E-state index contributed by atoms with van der Waals surface area (Å²) in [6, 6.07) is 11.5. The molecule has 0 amide bonds. The summed E-state index contributed by atoms with van der Waals surface area (Å²) in [5, 5.41) is 11.2. The predicted molar refractivity (Wildman–Crippen MR) is 68.3 cm³/mol. The second-order valence-electron chi connectivity index (χ2n) is 3.47. The van der Waals surface area contributed by atoms with Crippen LogP contribution in [-0.2, 0) is 10.2 Å². The molecule has 1 heterocycles. The van der Waals surface area contributed by atoms with E-state index in [0.717, 1.165) is 5.56 Å². The third-order valence-corrected chi connectivity index (χ3v) is 2.73. The molecule has 0 fully saturated rings. The molecule has 1 aromatic heterocycles. The number of halogens is 3. The number of benzene rings is 1. The van der Waals surface area contributed by atoms with Gasteiger partial charge >= 0.3 is 0 Å². The molecule has 0 spiro atoms. The van der Waals surface area contributed by atoms with Crippen molar-refractivity contribution in [1.82, 2.24) is 15.4 Å². The zero-order valence-electron chi connectivity index (χ0n) is 8.65. The predicted octanol–water partition coefficient (Wildman–Crippen LogP) is 3.29. The molecule has 0 aliphatic heterocycles. The zero-order valence-corrected chi connectivity index (χ0v) is 10.9. The molecule has 0 aliphatic rings. The highest BCUT2D eigenvalue weighted by atomic mass is 35.6. The van der Waals surface area contributed by atoms with E-state index >= 15 is 0 Å². The molecule has 0 bridgehead atoms. The molecule has 0 aliphatic carbocycles. The van der Waals surface area contributed by atoms with E-state index in [0.29, 0.717) is 12.1 Å². The van der Waals surface area contributed by atoms with Crippen LogP contribution in [0.15, 0.2) is 36.4 Å². The van der Waals surface area contributed by atoms with Gasteiger partial charge in [-0.3, -0.25) is 0 Å². The van der Waals surface area contributed by atoms with Crippen molar-refractivity contribution in [3.8, 4) is 0 Å². The number of rotatable bonds is 2. The Labute approximate surface area is 114 Å². The number of nitrogens with zero attached hydrogens (tertiary/aromatic N) is 3. The van der Waals surface area contributed by atoms with Gasteiger partial charge in [0.2, 0.25) is 3.79 Å². The molecule has 6 heteroatoms. The number of alkyl halides is 3. The molecule has 88 valence electrons. The standard InChI is InChI=1S/C11H8Cl3N3/c12-11(13,14)10-7-9(15-17-16-10)6-8-4-2-1-3-5-8/h1-5,7H,6H2. The normalized spacial score (nSPS) is 11.5. The SMILES string of the molecule is ClC(Cl)(Cl)c1cc(Cc2ccccc2)nnn1. The molecule has 0 atom stereocenters. The zero-order chi connectivity index (χ0) is 12.3. The number of aromatic nitrogens is 3. The van der Waals surface area contributed by atoms with Gasteiger partial charge in [0.1, 0.15) is 5.69 Å². The van der Waals surface area contributed by atoms with E-state index in [1.807, 2.05) is 30.3 Å². The molecule has 1 aromatic carbocycles. The lowest BCUT2D eigenvalue weighted by Crippen LogP contribution is -2.08. The molecular formula is C11H8Cl3N3. The fourth-order valence-electron chi connectivity index (χ4n) is 1.37. The summed E-state index contributed by atoms with van der Waals surface area (Å²) in [4.78, 5) is 0. The van der Waals surface area contributed by atoms with Gasteiger partial charge in [0.15, 0.2) is 0 Å². The van der Waals surface area contributed by atoms with Gasteiger partial charge in [-0.2, -0.15) is 0 Å². The minimum Gasteiger partial charge on any atom is -0.135 e. The first-order chi connectivity index (χ1) is 8.05. The Hall–Kier alpha value is -0.900. The monoisotopic (exact) mass is 287 g/mol. The molecular weight excluding hydrogens is 281 g/mol. The molecule has 17 heavy (non-hydrogen) atoms. The van der Waals surface area contributed by atoms with E-state index in [1.165, 1.54) is 0 Å². The van der Waals surface area contributed by atoms with E-state index in [1.54, 1.807) is 6.07 Å². The maximum atomic E-state index is 5.73. The lowest BCUT2D eigenvalue weighted by molar-refractivity contribution is 0.783. The highest BCUT2D eigenvalue weighted by Crippen LogP contribution is 2.36. The van der Waals surface area contributed by atoms with Crippen LogP contribution in [0.3, 0.4) is 0 Å². The van der Waals surface area contributed by atoms with Crippen molar-refractivity contribution in [3.63, 3.8) is 0 Å². The van der Waals surface area contributed by atoms with Gasteiger partial charge in [-0.15, -0.1) is 10.2 Å². The molecule has 0 saturated carbocycles. The van der Waals surface area contributed by atoms with Crippen LogP contribution in [0.4, 0.5) is 0 Å². The minimum absolute atomic E-state index is 0.281. The molecule has 0 N–H and O–H groups in total. The molecule has 0 unspecified atom stereocenters. The van der Waals surface area contributed by atoms with Crippen LogP contribution in [0, 0.1) is 0 Å². The molecule has 0 radical (unpaired) electrons. The van der Waals surface area contributed by atoms with Crippen LogP contribution in [0.25, 0.3) is 0 Å². The molecule has 2 rings (SSSR count). The average Bonchev–Trinajstić information content (AvgIpc) is 2.29. The van der Waals surface area contributed by atoms with Crippen LogP contribution >= 0.6 is 34.8 Å². The Bertz CT molecular complexity index is 497. The fourth-order valence-corrected chi connectivity index (χ4v) is 1.65. The summed E-state index contributed by atoms with van der Waals surface area (Å²) in [5.74, 6) is 0. The maximum absolute atomic E-state index is 5.73. The van der Waals surface area contributed by atoms with Gasteiger partial charge in [0.25, 0.3) is 0 Å². The second kappa shape index (κ2) is 5.17. The lowest BCUT2D eigenvalue weighted by Gasteiger charge is -2.09. The first-order valence-electron chi connectivity index (χ1n) is 4.86. The van der Waals surface area contributed by atoms with E-state index in [4.69, 9.17) is 34.8 Å². The van der Waals surface area contributed by atoms with Crippen LogP contribution in [-0.4, -0.2) is 15.4 Å². The van der Waals surface area contributed by atoms with Crippen LogP contribution in [0.2, 0.25) is 0 Å². The third-order valence-electron chi connectivity index (χ3n) is 2.15. The van der Waals surface area contributed by atoms with Crippen LogP contribution < -0.4 is 0 Å². The maximum Gasteiger partial charge on any atom is 0.234 e. The summed E-state index contributed by atoms with van der Waals surface area (Å²) in [5.41, 5.74) is 2.11. The summed E-state index contributed by atoms with van der Waals surface area (Å²) in [7, 11) is 0. The average molecular weight is 289 g/mol. The van der Waals surface area contributed by atoms with Gasteiger partial charge in [0.05, 0.1) is 5.69 Å². The highest BCUT2D eigenvalue weighted by Gasteiger charge is 2.25. The summed E-state index contributed by atoms with van der Waals surface area (Å²) in [6.07, 6.45) is 0.629. The Morgan fingerprint density at radius 1 is 1.00 bits per heavy atom. The first-order valence-corrected chi connectivity index (χ1v) is 5.99. The molecule has 0 saturated heterocycles. The van der Waals surface area contributed by atoms with E-state index in [-0.39, 0.29) is 5.69 Å². The van der Waals surface area contributed by atoms with Gasteiger partial charge in [0, 0.05) is 6.42 Å². The van der Waals surface area contributed by atoms with Crippen LogP contribution in [0.1, 0.15) is 17.0 Å². The largest absolute Gasteiger partial charge is 0.234 e. The Morgan fingerprint density at radius 2 is 1.71 bits per heavy atom. The third kappa shape index (κ3) is 3.53. The van der Waals surface area contributed by atoms with Gasteiger partial charge in [-0.05, 0) is 16.8 Å². The van der Waals surface area contributed by atoms with Crippen molar-refractivity contribution in [2.24, 2.45) is 0 Å². The topological polar surface area (TPSA) is 38.7 Å². The second-order valence-corrected chi connectivity index (χ2v) is 5.75.